The van der Waals surface area contributed by atoms with Crippen molar-refractivity contribution in [2.24, 2.45) is 5.92 Å². The van der Waals surface area contributed by atoms with Gasteiger partial charge in [-0.05, 0) is 30.5 Å². The zero-order valence-electron chi connectivity index (χ0n) is 19.5. The van der Waals surface area contributed by atoms with Crippen molar-refractivity contribution in [2.45, 2.75) is 33.4 Å². The molecule has 1 atom stereocenters. The van der Waals surface area contributed by atoms with Gasteiger partial charge in [0.25, 0.3) is 5.91 Å². The first-order valence-corrected chi connectivity index (χ1v) is 11.3. The SMILES string of the molecule is COc1cc(OC)cc(OCC(=O)N(Cc2ccc(Cl)c(Cl)c2)C(C)C(=O)NCC(C)C)c1. The Morgan fingerprint density at radius 2 is 1.55 bits per heavy atom. The number of halogens is 2. The Balaban J connectivity index is 2.21. The van der Waals surface area contributed by atoms with E-state index in [2.05, 4.69) is 5.32 Å². The van der Waals surface area contributed by atoms with Crippen molar-refractivity contribution in [1.82, 2.24) is 10.2 Å². The number of nitrogens with zero attached hydrogens (tertiary/aromatic N) is 1. The molecule has 2 aromatic carbocycles. The van der Waals surface area contributed by atoms with Crippen LogP contribution in [0, 0.1) is 5.92 Å². The first-order valence-electron chi connectivity index (χ1n) is 10.5. The van der Waals surface area contributed by atoms with E-state index < -0.39 is 6.04 Å². The van der Waals surface area contributed by atoms with Crippen LogP contribution in [0.2, 0.25) is 10.0 Å². The second-order valence-electron chi connectivity index (χ2n) is 7.92. The monoisotopic (exact) mass is 496 g/mol. The van der Waals surface area contributed by atoms with Crippen molar-refractivity contribution in [2.75, 3.05) is 27.4 Å². The van der Waals surface area contributed by atoms with Crippen molar-refractivity contribution in [3.05, 3.63) is 52.0 Å². The lowest BCUT2D eigenvalue weighted by Crippen LogP contribution is -2.49. The number of amides is 2. The zero-order chi connectivity index (χ0) is 24.5. The predicted octanol–water partition coefficient (Wildman–Crippen LogP) is 4.58. The molecule has 0 bridgehead atoms. The Hall–Kier alpha value is -2.64. The summed E-state index contributed by atoms with van der Waals surface area (Å²) >= 11 is 12.2. The largest absolute Gasteiger partial charge is 0.496 e. The van der Waals surface area contributed by atoms with Crippen LogP contribution in [0.4, 0.5) is 0 Å². The van der Waals surface area contributed by atoms with Gasteiger partial charge in [-0.1, -0.05) is 43.1 Å². The van der Waals surface area contributed by atoms with Crippen LogP contribution < -0.4 is 19.5 Å². The second-order valence-corrected chi connectivity index (χ2v) is 8.74. The van der Waals surface area contributed by atoms with E-state index in [4.69, 9.17) is 37.4 Å². The molecule has 2 amide bonds. The third-order valence-electron chi connectivity index (χ3n) is 4.88. The van der Waals surface area contributed by atoms with Crippen LogP contribution in [0.3, 0.4) is 0 Å². The van der Waals surface area contributed by atoms with Gasteiger partial charge in [0, 0.05) is 31.3 Å². The fraction of sp³-hybridized carbons (Fsp3) is 0.417. The molecular formula is C24H30Cl2N2O5. The van der Waals surface area contributed by atoms with Gasteiger partial charge in [-0.15, -0.1) is 0 Å². The number of methoxy groups -OCH3 is 2. The number of hydrogen-bond acceptors (Lipinski definition) is 5. The number of carbonyl (C=O) groups excluding carboxylic acids is 2. The summed E-state index contributed by atoms with van der Waals surface area (Å²) in [5.41, 5.74) is 0.740. The molecule has 180 valence electrons. The molecule has 9 heteroatoms. The summed E-state index contributed by atoms with van der Waals surface area (Å²) in [5.74, 6) is 1.14. The summed E-state index contributed by atoms with van der Waals surface area (Å²) in [5, 5.41) is 3.66. The lowest BCUT2D eigenvalue weighted by Gasteiger charge is -2.29. The highest BCUT2D eigenvalue weighted by atomic mass is 35.5. The Kier molecular flexibility index (Phi) is 10.1. The molecule has 1 unspecified atom stereocenters. The molecule has 0 aromatic heterocycles. The number of hydrogen-bond donors (Lipinski definition) is 1. The first-order chi connectivity index (χ1) is 15.6. The van der Waals surface area contributed by atoms with Crippen molar-refractivity contribution in [3.8, 4) is 17.2 Å². The minimum atomic E-state index is -0.728. The van der Waals surface area contributed by atoms with E-state index in [1.165, 1.54) is 19.1 Å². The third-order valence-corrected chi connectivity index (χ3v) is 5.62. The van der Waals surface area contributed by atoms with E-state index >= 15 is 0 Å². The molecule has 2 rings (SSSR count). The van der Waals surface area contributed by atoms with E-state index in [1.54, 1.807) is 43.3 Å². The molecule has 0 spiro atoms. The van der Waals surface area contributed by atoms with E-state index in [0.29, 0.717) is 33.8 Å². The lowest BCUT2D eigenvalue weighted by molar-refractivity contribution is -0.142. The summed E-state index contributed by atoms with van der Waals surface area (Å²) < 4.78 is 16.2. The van der Waals surface area contributed by atoms with Gasteiger partial charge in [0.1, 0.15) is 23.3 Å². The molecule has 0 saturated heterocycles. The maximum absolute atomic E-state index is 13.2. The van der Waals surface area contributed by atoms with Crippen LogP contribution in [-0.2, 0) is 16.1 Å². The molecule has 7 nitrogen and oxygen atoms in total. The highest BCUT2D eigenvalue weighted by Gasteiger charge is 2.27. The maximum atomic E-state index is 13.2. The molecule has 33 heavy (non-hydrogen) atoms. The summed E-state index contributed by atoms with van der Waals surface area (Å²) in [7, 11) is 3.06. The Morgan fingerprint density at radius 3 is 2.09 bits per heavy atom. The van der Waals surface area contributed by atoms with Gasteiger partial charge in [-0.2, -0.15) is 0 Å². The van der Waals surface area contributed by atoms with Crippen LogP contribution in [0.15, 0.2) is 36.4 Å². The number of benzene rings is 2. The summed E-state index contributed by atoms with van der Waals surface area (Å²) in [6, 6.07) is 9.37. The average molecular weight is 497 g/mol. The summed E-state index contributed by atoms with van der Waals surface area (Å²) in [6.07, 6.45) is 0. The van der Waals surface area contributed by atoms with Gasteiger partial charge in [0.05, 0.1) is 24.3 Å². The van der Waals surface area contributed by atoms with E-state index in [9.17, 15) is 9.59 Å². The van der Waals surface area contributed by atoms with Crippen molar-refractivity contribution in [3.63, 3.8) is 0 Å². The van der Waals surface area contributed by atoms with E-state index in [1.807, 2.05) is 13.8 Å². The molecular weight excluding hydrogens is 467 g/mol. The summed E-state index contributed by atoms with van der Waals surface area (Å²) in [4.78, 5) is 27.3. The Morgan fingerprint density at radius 1 is 0.939 bits per heavy atom. The van der Waals surface area contributed by atoms with Crippen LogP contribution >= 0.6 is 23.2 Å². The number of carbonyl (C=O) groups is 2. The highest BCUT2D eigenvalue weighted by molar-refractivity contribution is 6.42. The van der Waals surface area contributed by atoms with Crippen LogP contribution in [0.1, 0.15) is 26.3 Å². The van der Waals surface area contributed by atoms with Gasteiger partial charge in [0.2, 0.25) is 5.91 Å². The van der Waals surface area contributed by atoms with Gasteiger partial charge >= 0.3 is 0 Å². The predicted molar refractivity (Wildman–Crippen MR) is 129 cm³/mol. The molecule has 0 radical (unpaired) electrons. The highest BCUT2D eigenvalue weighted by Crippen LogP contribution is 2.28. The van der Waals surface area contributed by atoms with Gasteiger partial charge < -0.3 is 24.4 Å². The molecule has 0 aliphatic carbocycles. The number of rotatable bonds is 11. The lowest BCUT2D eigenvalue weighted by atomic mass is 10.1. The molecule has 0 heterocycles. The van der Waals surface area contributed by atoms with Crippen LogP contribution in [0.5, 0.6) is 17.2 Å². The van der Waals surface area contributed by atoms with Crippen molar-refractivity contribution >= 4 is 35.0 Å². The van der Waals surface area contributed by atoms with Crippen LogP contribution in [0.25, 0.3) is 0 Å². The second kappa shape index (κ2) is 12.6. The smallest absolute Gasteiger partial charge is 0.261 e. The fourth-order valence-electron chi connectivity index (χ4n) is 2.96. The molecule has 0 aliphatic rings. The third kappa shape index (κ3) is 8.02. The summed E-state index contributed by atoms with van der Waals surface area (Å²) in [6.45, 7) is 6.08. The Labute approximate surface area is 204 Å². The van der Waals surface area contributed by atoms with Gasteiger partial charge in [-0.3, -0.25) is 9.59 Å². The first kappa shape index (κ1) is 26.6. The molecule has 2 aromatic rings. The maximum Gasteiger partial charge on any atom is 0.261 e. The normalized spacial score (nSPS) is 11.6. The van der Waals surface area contributed by atoms with Crippen LogP contribution in [-0.4, -0.2) is 50.1 Å². The van der Waals surface area contributed by atoms with E-state index in [-0.39, 0.29) is 30.9 Å². The molecule has 0 aliphatic heterocycles. The van der Waals surface area contributed by atoms with Gasteiger partial charge in [-0.25, -0.2) is 0 Å². The zero-order valence-corrected chi connectivity index (χ0v) is 21.0. The quantitative estimate of drug-likeness (QED) is 0.492. The number of ether oxygens (including phenoxy) is 3. The fourth-order valence-corrected chi connectivity index (χ4v) is 3.28. The van der Waals surface area contributed by atoms with Crippen molar-refractivity contribution < 1.29 is 23.8 Å². The van der Waals surface area contributed by atoms with Gasteiger partial charge in [0.15, 0.2) is 6.61 Å². The molecule has 0 fully saturated rings. The molecule has 1 N–H and O–H groups in total. The topological polar surface area (TPSA) is 77.1 Å². The number of nitrogens with one attached hydrogen (secondary N) is 1. The van der Waals surface area contributed by atoms with E-state index in [0.717, 1.165) is 5.56 Å². The Bertz CT molecular complexity index is 946. The average Bonchev–Trinajstić information content (AvgIpc) is 2.80. The minimum absolute atomic E-state index is 0.163. The standard InChI is InChI=1S/C24H30Cl2N2O5/c1-15(2)12-27-24(30)16(3)28(13-17-6-7-21(25)22(26)8-17)23(29)14-33-20-10-18(31-4)9-19(11-20)32-5/h6-11,15-16H,12-14H2,1-5H3,(H,27,30). The molecule has 0 saturated carbocycles. The van der Waals surface area contributed by atoms with Crippen molar-refractivity contribution in [1.29, 1.82) is 0 Å². The minimum Gasteiger partial charge on any atom is -0.496 e.